The van der Waals surface area contributed by atoms with Crippen molar-refractivity contribution < 1.29 is 14.7 Å². The zero-order chi connectivity index (χ0) is 23.3. The number of anilines is 1. The lowest BCUT2D eigenvalue weighted by Gasteiger charge is -2.31. The molecule has 0 saturated heterocycles. The van der Waals surface area contributed by atoms with Crippen LogP contribution in [0.1, 0.15) is 34.6 Å². The number of halogens is 1. The summed E-state index contributed by atoms with van der Waals surface area (Å²) < 4.78 is 1.47. The average molecular weight is 456 g/mol. The van der Waals surface area contributed by atoms with E-state index in [1.807, 2.05) is 37.3 Å². The summed E-state index contributed by atoms with van der Waals surface area (Å²) in [6.07, 6.45) is 1.38. The van der Waals surface area contributed by atoms with Crippen LogP contribution in [-0.2, 0) is 0 Å². The number of amides is 2. The van der Waals surface area contributed by atoms with E-state index in [1.54, 1.807) is 31.2 Å². The smallest absolute Gasteiger partial charge is 0.256 e. The Balaban J connectivity index is 1.65. The molecule has 0 fully saturated rings. The lowest BCUT2D eigenvalue weighted by atomic mass is 10.1. The number of nitrogen functional groups attached to an aromatic ring is 1. The third-order valence-corrected chi connectivity index (χ3v) is 5.32. The number of hydrogen-bond acceptors (Lipinski definition) is 5. The molecule has 1 heterocycles. The molecule has 4 N–H and O–H groups in total. The number of nitrogens with two attached hydrogens (primary N) is 1. The maximum absolute atomic E-state index is 12.8. The van der Waals surface area contributed by atoms with Gasteiger partial charge in [0.25, 0.3) is 11.8 Å². The average Bonchev–Trinajstić information content (AvgIpc) is 3.18. The Labute approximate surface area is 191 Å². The number of para-hydroxylation sites is 1. The van der Waals surface area contributed by atoms with Crippen molar-refractivity contribution in [1.29, 1.82) is 0 Å². The number of aliphatic hydroxyl groups is 1. The first-order valence-electron chi connectivity index (χ1n) is 10.2. The van der Waals surface area contributed by atoms with Gasteiger partial charge in [-0.05, 0) is 38.1 Å². The van der Waals surface area contributed by atoms with Crippen molar-refractivity contribution in [3.63, 3.8) is 0 Å². The number of carbonyl (C=O) groups is 2. The van der Waals surface area contributed by atoms with E-state index >= 15 is 0 Å². The minimum absolute atomic E-state index is 0.00654. The van der Waals surface area contributed by atoms with Crippen LogP contribution in [0.2, 0.25) is 5.02 Å². The Bertz CT molecular complexity index is 1100. The quantitative estimate of drug-likeness (QED) is 0.483. The van der Waals surface area contributed by atoms with Crippen molar-refractivity contribution >= 4 is 29.2 Å². The van der Waals surface area contributed by atoms with Crippen molar-refractivity contribution in [3.8, 4) is 5.69 Å². The highest BCUT2D eigenvalue weighted by molar-refractivity contribution is 6.33. The van der Waals surface area contributed by atoms with Crippen LogP contribution in [0.3, 0.4) is 0 Å². The summed E-state index contributed by atoms with van der Waals surface area (Å²) in [5, 5.41) is 18.0. The minimum atomic E-state index is -1.38. The number of nitrogens with one attached hydrogen (secondary N) is 1. The van der Waals surface area contributed by atoms with Gasteiger partial charge in [0, 0.05) is 13.1 Å². The summed E-state index contributed by atoms with van der Waals surface area (Å²) in [6, 6.07) is 16.0. The van der Waals surface area contributed by atoms with E-state index in [4.69, 9.17) is 17.3 Å². The molecule has 2 aromatic carbocycles. The van der Waals surface area contributed by atoms with Crippen molar-refractivity contribution in [1.82, 2.24) is 20.0 Å². The van der Waals surface area contributed by atoms with Crippen molar-refractivity contribution in [2.45, 2.75) is 19.4 Å². The highest BCUT2D eigenvalue weighted by Crippen LogP contribution is 2.19. The number of carbonyl (C=O) groups excluding carboxylic acids is 2. The van der Waals surface area contributed by atoms with Gasteiger partial charge in [-0.3, -0.25) is 9.59 Å². The summed E-state index contributed by atoms with van der Waals surface area (Å²) in [5.74, 6) is -0.569. The fourth-order valence-corrected chi connectivity index (χ4v) is 3.49. The lowest BCUT2D eigenvalue weighted by Crippen LogP contribution is -2.50. The van der Waals surface area contributed by atoms with Crippen LogP contribution in [-0.4, -0.2) is 56.8 Å². The highest BCUT2D eigenvalue weighted by atomic mass is 35.5. The van der Waals surface area contributed by atoms with Crippen LogP contribution in [0, 0.1) is 0 Å². The molecule has 9 heteroatoms. The molecule has 0 aliphatic heterocycles. The molecule has 32 heavy (non-hydrogen) atoms. The van der Waals surface area contributed by atoms with E-state index in [1.165, 1.54) is 15.8 Å². The number of likely N-dealkylation sites (N-methyl/N-ethyl adjacent to an activating group) is 1. The second-order valence-electron chi connectivity index (χ2n) is 7.67. The molecular weight excluding hydrogens is 430 g/mol. The molecule has 0 bridgehead atoms. The van der Waals surface area contributed by atoms with Gasteiger partial charge in [-0.25, -0.2) is 4.68 Å². The first kappa shape index (κ1) is 23.3. The summed E-state index contributed by atoms with van der Waals surface area (Å²) >= 11 is 6.14. The highest BCUT2D eigenvalue weighted by Gasteiger charge is 2.29. The summed E-state index contributed by atoms with van der Waals surface area (Å²) in [5.41, 5.74) is 6.01. The largest absolute Gasteiger partial charge is 0.386 e. The third kappa shape index (κ3) is 5.27. The number of benzene rings is 2. The van der Waals surface area contributed by atoms with Crippen molar-refractivity contribution in [2.75, 3.05) is 25.4 Å². The van der Waals surface area contributed by atoms with Crippen LogP contribution in [0.4, 0.5) is 5.82 Å². The van der Waals surface area contributed by atoms with E-state index in [2.05, 4.69) is 10.4 Å². The summed E-state index contributed by atoms with van der Waals surface area (Å²) in [4.78, 5) is 27.0. The predicted octanol–water partition coefficient (Wildman–Crippen LogP) is 2.75. The molecule has 3 rings (SSSR count). The maximum Gasteiger partial charge on any atom is 0.256 e. The maximum atomic E-state index is 12.8. The van der Waals surface area contributed by atoms with E-state index in [-0.39, 0.29) is 30.4 Å². The van der Waals surface area contributed by atoms with Crippen LogP contribution in [0.5, 0.6) is 0 Å². The van der Waals surface area contributed by atoms with Gasteiger partial charge >= 0.3 is 0 Å². The SMILES string of the molecule is CCN(CC(C)(O)CNC(=O)c1cnn(-c2ccccc2)c1N)C(=O)c1ccccc1Cl. The molecular formula is C23H26ClN5O3. The zero-order valence-electron chi connectivity index (χ0n) is 18.0. The van der Waals surface area contributed by atoms with Gasteiger partial charge < -0.3 is 21.1 Å². The molecule has 2 amide bonds. The van der Waals surface area contributed by atoms with E-state index in [9.17, 15) is 14.7 Å². The standard InChI is InChI=1S/C23H26ClN5O3/c1-3-28(22(31)17-11-7-8-12-19(17)24)15-23(2,32)14-26-21(30)18-13-27-29(20(18)25)16-9-5-4-6-10-16/h4-13,32H,3,14-15,25H2,1-2H3,(H,26,30). The molecule has 0 spiro atoms. The van der Waals surface area contributed by atoms with Gasteiger partial charge in [-0.15, -0.1) is 0 Å². The molecule has 1 aromatic heterocycles. The summed E-state index contributed by atoms with van der Waals surface area (Å²) in [6.45, 7) is 3.64. The number of nitrogens with zero attached hydrogens (tertiary/aromatic N) is 3. The van der Waals surface area contributed by atoms with E-state index < -0.39 is 11.5 Å². The number of hydrogen-bond donors (Lipinski definition) is 3. The second-order valence-corrected chi connectivity index (χ2v) is 8.08. The second kappa shape index (κ2) is 9.84. The van der Waals surface area contributed by atoms with Crippen molar-refractivity contribution in [2.24, 2.45) is 0 Å². The van der Waals surface area contributed by atoms with Crippen LogP contribution in [0.15, 0.2) is 60.8 Å². The topological polar surface area (TPSA) is 113 Å². The van der Waals surface area contributed by atoms with Gasteiger partial charge in [0.15, 0.2) is 0 Å². The Morgan fingerprint density at radius 1 is 1.16 bits per heavy atom. The molecule has 0 radical (unpaired) electrons. The molecule has 0 saturated carbocycles. The zero-order valence-corrected chi connectivity index (χ0v) is 18.7. The monoisotopic (exact) mass is 455 g/mol. The predicted molar refractivity (Wildman–Crippen MR) is 124 cm³/mol. The Morgan fingerprint density at radius 2 is 1.81 bits per heavy atom. The van der Waals surface area contributed by atoms with Crippen LogP contribution >= 0.6 is 11.6 Å². The molecule has 0 aliphatic rings. The van der Waals surface area contributed by atoms with Gasteiger partial charge in [0.1, 0.15) is 11.4 Å². The number of rotatable bonds is 8. The number of aromatic nitrogens is 2. The van der Waals surface area contributed by atoms with Crippen molar-refractivity contribution in [3.05, 3.63) is 76.9 Å². The Kier molecular flexibility index (Phi) is 7.17. The van der Waals surface area contributed by atoms with Gasteiger partial charge in [-0.2, -0.15) is 5.10 Å². The lowest BCUT2D eigenvalue weighted by molar-refractivity contribution is 0.0195. The Morgan fingerprint density at radius 3 is 2.47 bits per heavy atom. The first-order chi connectivity index (χ1) is 15.2. The molecule has 0 aliphatic carbocycles. The third-order valence-electron chi connectivity index (χ3n) is 4.99. The molecule has 3 aromatic rings. The summed E-state index contributed by atoms with van der Waals surface area (Å²) in [7, 11) is 0. The molecule has 1 unspecified atom stereocenters. The Hall–Kier alpha value is -3.36. The van der Waals surface area contributed by atoms with Gasteiger partial charge in [0.2, 0.25) is 0 Å². The van der Waals surface area contributed by atoms with Gasteiger partial charge in [-0.1, -0.05) is 41.9 Å². The minimum Gasteiger partial charge on any atom is -0.386 e. The van der Waals surface area contributed by atoms with E-state index in [0.29, 0.717) is 17.1 Å². The van der Waals surface area contributed by atoms with Crippen LogP contribution < -0.4 is 11.1 Å². The van der Waals surface area contributed by atoms with Gasteiger partial charge in [0.05, 0.1) is 34.6 Å². The fraction of sp³-hybridized carbons (Fsp3) is 0.261. The fourth-order valence-electron chi connectivity index (χ4n) is 3.27. The molecule has 1 atom stereocenters. The van der Waals surface area contributed by atoms with Crippen LogP contribution in [0.25, 0.3) is 5.69 Å². The molecule has 8 nitrogen and oxygen atoms in total. The molecule has 168 valence electrons. The van der Waals surface area contributed by atoms with E-state index in [0.717, 1.165) is 5.69 Å². The first-order valence-corrected chi connectivity index (χ1v) is 10.5. The normalized spacial score (nSPS) is 12.8.